The lowest BCUT2D eigenvalue weighted by Gasteiger charge is -2.36. The van der Waals surface area contributed by atoms with Crippen LogP contribution in [0.25, 0.3) is 0 Å². The number of aromatic nitrogens is 1. The van der Waals surface area contributed by atoms with E-state index in [2.05, 4.69) is 44.2 Å². The monoisotopic (exact) mass is 352 g/mol. The lowest BCUT2D eigenvalue weighted by molar-refractivity contribution is -0.143. The summed E-state index contributed by atoms with van der Waals surface area (Å²) in [6, 6.07) is 2.57. The van der Waals surface area contributed by atoms with Crippen molar-refractivity contribution in [3.05, 3.63) is 30.1 Å². The second-order valence-corrected chi connectivity index (χ2v) is 12.0. The minimum atomic E-state index is -1.90. The highest BCUT2D eigenvalue weighted by molar-refractivity contribution is 6.74. The molecule has 1 rings (SSSR count). The highest BCUT2D eigenvalue weighted by Crippen LogP contribution is 2.36. The van der Waals surface area contributed by atoms with Gasteiger partial charge >= 0.3 is 5.97 Å². The molecular weight excluding hydrogens is 324 g/mol. The Bertz CT molecular complexity index is 555. The van der Waals surface area contributed by atoms with Gasteiger partial charge in [0.2, 0.25) is 0 Å². The van der Waals surface area contributed by atoms with Crippen LogP contribution in [0.4, 0.5) is 0 Å². The second kappa shape index (κ2) is 8.39. The Morgan fingerprint density at radius 1 is 1.33 bits per heavy atom. The summed E-state index contributed by atoms with van der Waals surface area (Å²) in [7, 11) is -0.590. The molecule has 6 nitrogen and oxygen atoms in total. The Kier molecular flexibility index (Phi) is 7.10. The van der Waals surface area contributed by atoms with Crippen LogP contribution in [0.2, 0.25) is 18.1 Å². The van der Waals surface area contributed by atoms with Gasteiger partial charge in [-0.3, -0.25) is 9.78 Å². The molecule has 1 aromatic heterocycles. The van der Waals surface area contributed by atoms with Crippen molar-refractivity contribution in [2.45, 2.75) is 51.4 Å². The molecule has 1 N–H and O–H groups in total. The van der Waals surface area contributed by atoms with Crippen molar-refractivity contribution in [1.82, 2.24) is 10.3 Å². The summed E-state index contributed by atoms with van der Waals surface area (Å²) in [6.07, 6.45) is 3.41. The molecule has 0 bridgehead atoms. The Morgan fingerprint density at radius 2 is 2.00 bits per heavy atom. The molecule has 24 heavy (non-hydrogen) atoms. The van der Waals surface area contributed by atoms with E-state index in [9.17, 15) is 9.59 Å². The van der Waals surface area contributed by atoms with Crippen molar-refractivity contribution in [1.29, 1.82) is 0 Å². The maximum absolute atomic E-state index is 12.2. The highest BCUT2D eigenvalue weighted by atomic mass is 28.4. The van der Waals surface area contributed by atoms with Gasteiger partial charge in [0.15, 0.2) is 8.32 Å². The largest absolute Gasteiger partial charge is 0.467 e. The molecule has 0 aliphatic carbocycles. The first-order valence-corrected chi connectivity index (χ1v) is 10.9. The molecule has 0 radical (unpaired) electrons. The third-order valence-corrected chi connectivity index (χ3v) is 8.93. The number of amides is 1. The number of pyridine rings is 1. The van der Waals surface area contributed by atoms with Gasteiger partial charge in [0.1, 0.15) is 6.04 Å². The average Bonchev–Trinajstić information content (AvgIpc) is 2.52. The van der Waals surface area contributed by atoms with Gasteiger partial charge in [-0.05, 0) is 30.3 Å². The topological polar surface area (TPSA) is 77.5 Å². The zero-order chi connectivity index (χ0) is 18.4. The van der Waals surface area contributed by atoms with E-state index >= 15 is 0 Å². The van der Waals surface area contributed by atoms with Crippen LogP contribution in [0.1, 0.15) is 37.6 Å². The SMILES string of the molecule is COC(=O)[C@@H](CCO[Si](C)(C)C(C)(C)C)NC(=O)c1cccnc1. The van der Waals surface area contributed by atoms with E-state index in [1.165, 1.54) is 13.3 Å². The van der Waals surface area contributed by atoms with Crippen molar-refractivity contribution in [3.8, 4) is 0 Å². The quantitative estimate of drug-likeness (QED) is 0.603. The molecule has 0 aliphatic rings. The Morgan fingerprint density at radius 3 is 2.50 bits per heavy atom. The molecule has 0 saturated carbocycles. The van der Waals surface area contributed by atoms with Crippen molar-refractivity contribution >= 4 is 20.2 Å². The van der Waals surface area contributed by atoms with E-state index in [1.54, 1.807) is 18.3 Å². The maximum atomic E-state index is 12.2. The van der Waals surface area contributed by atoms with Crippen molar-refractivity contribution in [3.63, 3.8) is 0 Å². The molecule has 1 amide bonds. The summed E-state index contributed by atoms with van der Waals surface area (Å²) >= 11 is 0. The third-order valence-electron chi connectivity index (χ3n) is 4.39. The first-order chi connectivity index (χ1) is 11.1. The molecule has 1 aromatic rings. The van der Waals surface area contributed by atoms with E-state index < -0.39 is 20.3 Å². The minimum absolute atomic E-state index is 0.0900. The van der Waals surface area contributed by atoms with E-state index in [4.69, 9.17) is 9.16 Å². The summed E-state index contributed by atoms with van der Waals surface area (Å²) in [4.78, 5) is 28.0. The number of methoxy groups -OCH3 is 1. The second-order valence-electron chi connectivity index (χ2n) is 7.19. The number of hydrogen-bond acceptors (Lipinski definition) is 5. The predicted octanol–water partition coefficient (Wildman–Crippen LogP) is 2.76. The molecule has 0 spiro atoms. The molecule has 0 fully saturated rings. The van der Waals surface area contributed by atoms with Crippen LogP contribution in [-0.2, 0) is 14.0 Å². The van der Waals surface area contributed by atoms with Crippen LogP contribution >= 0.6 is 0 Å². The van der Waals surface area contributed by atoms with Crippen molar-refractivity contribution in [2.75, 3.05) is 13.7 Å². The molecule has 1 atom stereocenters. The minimum Gasteiger partial charge on any atom is -0.467 e. The van der Waals surface area contributed by atoms with E-state index in [1.807, 2.05) is 0 Å². The number of nitrogens with one attached hydrogen (secondary N) is 1. The molecule has 7 heteroatoms. The van der Waals surface area contributed by atoms with Gasteiger partial charge in [0.25, 0.3) is 5.91 Å². The summed E-state index contributed by atoms with van der Waals surface area (Å²) in [6.45, 7) is 11.1. The van der Waals surface area contributed by atoms with E-state index in [0.29, 0.717) is 18.6 Å². The fourth-order valence-corrected chi connectivity index (χ4v) is 2.84. The van der Waals surface area contributed by atoms with Crippen LogP contribution < -0.4 is 5.32 Å². The number of ether oxygens (including phenoxy) is 1. The molecular formula is C17H28N2O4Si. The summed E-state index contributed by atoms with van der Waals surface area (Å²) in [5.41, 5.74) is 0.400. The zero-order valence-corrected chi connectivity index (χ0v) is 16.4. The van der Waals surface area contributed by atoms with Crippen LogP contribution in [0.15, 0.2) is 24.5 Å². The van der Waals surface area contributed by atoms with Crippen LogP contribution in [0.3, 0.4) is 0 Å². The molecule has 1 heterocycles. The smallest absolute Gasteiger partial charge is 0.328 e. The van der Waals surface area contributed by atoms with Gasteiger partial charge in [-0.25, -0.2) is 4.79 Å². The van der Waals surface area contributed by atoms with E-state index in [0.717, 1.165) is 0 Å². The number of hydrogen-bond donors (Lipinski definition) is 1. The number of carbonyl (C=O) groups is 2. The third kappa shape index (κ3) is 5.72. The Balaban J connectivity index is 2.67. The first-order valence-electron chi connectivity index (χ1n) is 8.01. The summed E-state index contributed by atoms with van der Waals surface area (Å²) < 4.78 is 10.9. The zero-order valence-electron chi connectivity index (χ0n) is 15.4. The molecule has 0 aliphatic heterocycles. The van der Waals surface area contributed by atoms with Crippen molar-refractivity contribution in [2.24, 2.45) is 0 Å². The fourth-order valence-electron chi connectivity index (χ4n) is 1.78. The summed E-state index contributed by atoms with van der Waals surface area (Å²) in [5.74, 6) is -0.836. The fraction of sp³-hybridized carbons (Fsp3) is 0.588. The number of nitrogens with zero attached hydrogens (tertiary/aromatic N) is 1. The normalized spacial score (nSPS) is 13.2. The maximum Gasteiger partial charge on any atom is 0.328 e. The van der Waals surface area contributed by atoms with Crippen LogP contribution in [0, 0.1) is 0 Å². The first kappa shape index (κ1) is 20.3. The molecule has 0 saturated heterocycles. The van der Waals surface area contributed by atoms with E-state index in [-0.39, 0.29) is 10.9 Å². The van der Waals surface area contributed by atoms with Gasteiger partial charge in [-0.15, -0.1) is 0 Å². The van der Waals surface area contributed by atoms with Gasteiger partial charge < -0.3 is 14.5 Å². The Labute approximate surface area is 145 Å². The molecule has 0 unspecified atom stereocenters. The van der Waals surface area contributed by atoms with Gasteiger partial charge in [0.05, 0.1) is 12.7 Å². The highest BCUT2D eigenvalue weighted by Gasteiger charge is 2.37. The standard InChI is InChI=1S/C17H28N2O4Si/c1-17(2,3)24(5,6)23-11-9-14(16(21)22-4)19-15(20)13-8-7-10-18-12-13/h7-8,10,12,14H,9,11H2,1-6H3,(H,19,20)/t14-/m1/s1. The van der Waals surface area contributed by atoms with Crippen LogP contribution in [-0.4, -0.2) is 44.9 Å². The predicted molar refractivity (Wildman–Crippen MR) is 95.3 cm³/mol. The average molecular weight is 353 g/mol. The van der Waals surface area contributed by atoms with Gasteiger partial charge in [0, 0.05) is 25.4 Å². The van der Waals surface area contributed by atoms with Gasteiger partial charge in [-0.1, -0.05) is 20.8 Å². The number of esters is 1. The van der Waals surface area contributed by atoms with Crippen molar-refractivity contribution < 1.29 is 18.8 Å². The molecule has 0 aromatic carbocycles. The molecule has 134 valence electrons. The number of carbonyl (C=O) groups excluding carboxylic acids is 2. The van der Waals surface area contributed by atoms with Crippen LogP contribution in [0.5, 0.6) is 0 Å². The number of rotatable bonds is 7. The van der Waals surface area contributed by atoms with Gasteiger partial charge in [-0.2, -0.15) is 0 Å². The Hall–Kier alpha value is -1.73. The summed E-state index contributed by atoms with van der Waals surface area (Å²) in [5, 5.41) is 2.78. The lowest BCUT2D eigenvalue weighted by atomic mass is 10.2. The lowest BCUT2D eigenvalue weighted by Crippen LogP contribution is -2.45.